The fourth-order valence-electron chi connectivity index (χ4n) is 9.25. The summed E-state index contributed by atoms with van der Waals surface area (Å²) in [6.07, 6.45) is 6.82. The fourth-order valence-corrected chi connectivity index (χ4v) is 9.25. The van der Waals surface area contributed by atoms with E-state index in [-0.39, 0.29) is 83.1 Å². The second-order valence-corrected chi connectivity index (χ2v) is 12.6. The largest absolute Gasteiger partial charge is 0.481 e. The van der Waals surface area contributed by atoms with Crippen LogP contribution in [0.4, 0.5) is 0 Å². The predicted molar refractivity (Wildman–Crippen MR) is 134 cm³/mol. The molecule has 8 nitrogen and oxygen atoms in total. The number of fused-ring (bicyclic) bond motifs is 5. The molecule has 0 amide bonds. The Labute approximate surface area is 220 Å². The van der Waals surface area contributed by atoms with Crippen molar-refractivity contribution in [1.29, 1.82) is 0 Å². The van der Waals surface area contributed by atoms with Crippen LogP contribution < -0.4 is 0 Å². The first-order valence-corrected chi connectivity index (χ1v) is 14.1. The first-order chi connectivity index (χ1) is 17.4. The van der Waals surface area contributed by atoms with E-state index in [0.717, 1.165) is 51.4 Å². The third-order valence-corrected chi connectivity index (χ3v) is 10.8. The third kappa shape index (κ3) is 5.26. The third-order valence-electron chi connectivity index (χ3n) is 10.8. The van der Waals surface area contributed by atoms with E-state index in [0.29, 0.717) is 6.42 Å². The summed E-state index contributed by atoms with van der Waals surface area (Å²) in [6.45, 7) is 8.96. The van der Waals surface area contributed by atoms with E-state index in [2.05, 4.69) is 13.8 Å². The molecule has 0 unspecified atom stereocenters. The minimum atomic E-state index is -0.787. The molecule has 37 heavy (non-hydrogen) atoms. The van der Waals surface area contributed by atoms with Gasteiger partial charge >= 0.3 is 23.9 Å². The van der Waals surface area contributed by atoms with Crippen LogP contribution in [0.25, 0.3) is 0 Å². The molecule has 8 heteroatoms. The summed E-state index contributed by atoms with van der Waals surface area (Å²) in [5.74, 6) is -0.513. The Morgan fingerprint density at radius 3 is 2.14 bits per heavy atom. The van der Waals surface area contributed by atoms with E-state index < -0.39 is 5.97 Å². The first-order valence-electron chi connectivity index (χ1n) is 14.1. The van der Waals surface area contributed by atoms with Crippen LogP contribution in [0.15, 0.2) is 0 Å². The van der Waals surface area contributed by atoms with Gasteiger partial charge in [0.15, 0.2) is 0 Å². The molecular weight excluding hydrogens is 476 g/mol. The van der Waals surface area contributed by atoms with Gasteiger partial charge in [-0.15, -0.1) is 0 Å². The lowest BCUT2D eigenvalue weighted by molar-refractivity contribution is -0.222. The zero-order chi connectivity index (χ0) is 27.1. The average Bonchev–Trinajstić information content (AvgIpc) is 3.11. The molecule has 4 rings (SSSR count). The summed E-state index contributed by atoms with van der Waals surface area (Å²) in [5, 5.41) is 9.19. The lowest BCUT2D eigenvalue weighted by Gasteiger charge is -2.64. The van der Waals surface area contributed by atoms with Gasteiger partial charge < -0.3 is 19.3 Å². The molecule has 0 aromatic heterocycles. The van der Waals surface area contributed by atoms with Crippen molar-refractivity contribution >= 4 is 23.9 Å². The first kappa shape index (κ1) is 27.9. The fraction of sp³-hybridized carbons (Fsp3) is 0.862. The van der Waals surface area contributed by atoms with E-state index in [9.17, 15) is 24.3 Å². The molecule has 4 fully saturated rings. The maximum absolute atomic E-state index is 12.3. The van der Waals surface area contributed by atoms with Gasteiger partial charge in [0.05, 0.1) is 0 Å². The van der Waals surface area contributed by atoms with Gasteiger partial charge in [0, 0.05) is 38.5 Å². The number of aliphatic carboxylic acids is 1. The van der Waals surface area contributed by atoms with Crippen LogP contribution in [0.2, 0.25) is 0 Å². The maximum Gasteiger partial charge on any atom is 0.303 e. The van der Waals surface area contributed by atoms with E-state index >= 15 is 0 Å². The molecule has 0 bridgehead atoms. The molecule has 1 N–H and O–H groups in total. The number of hydrogen-bond acceptors (Lipinski definition) is 7. The number of esters is 3. The van der Waals surface area contributed by atoms with Crippen molar-refractivity contribution in [2.24, 2.45) is 40.4 Å². The Hall–Kier alpha value is -2.12. The van der Waals surface area contributed by atoms with E-state index in [1.807, 2.05) is 0 Å². The molecule has 0 aromatic rings. The van der Waals surface area contributed by atoms with Crippen molar-refractivity contribution in [2.75, 3.05) is 0 Å². The monoisotopic (exact) mass is 520 g/mol. The topological polar surface area (TPSA) is 116 Å². The van der Waals surface area contributed by atoms with Gasteiger partial charge in [0.25, 0.3) is 0 Å². The van der Waals surface area contributed by atoms with Crippen molar-refractivity contribution in [2.45, 2.75) is 117 Å². The Kier molecular flexibility index (Phi) is 7.97. The number of hydrogen-bond donors (Lipinski definition) is 1. The highest BCUT2D eigenvalue weighted by Crippen LogP contribution is 2.69. The van der Waals surface area contributed by atoms with E-state index in [4.69, 9.17) is 14.2 Å². The molecule has 4 aliphatic rings. The number of ether oxygens (including phenoxy) is 3. The summed E-state index contributed by atoms with van der Waals surface area (Å²) >= 11 is 0. The van der Waals surface area contributed by atoms with Gasteiger partial charge in [-0.05, 0) is 86.9 Å². The van der Waals surface area contributed by atoms with Gasteiger partial charge in [-0.2, -0.15) is 0 Å². The lowest BCUT2D eigenvalue weighted by atomic mass is 9.43. The Bertz CT molecular complexity index is 916. The standard InChI is InChI=1S/C29H44O8/c1-16(30)35-21-11-12-28(4)20(13-21)14-24(36-17(2)31)27-22-10-9-19(7-6-8-26(33)34)29(22,5)25(15-23(27)28)37-18(3)32/h19-25,27H,6-15H2,1-5H3,(H,33,34)/t19-,20-,21+,22-,23-,24-,25-,27-,28+,29-/m1/s1. The highest BCUT2D eigenvalue weighted by atomic mass is 16.6. The number of rotatable bonds is 7. The molecular formula is C29H44O8. The maximum atomic E-state index is 12.3. The number of carboxylic acid groups (broad SMARTS) is 1. The van der Waals surface area contributed by atoms with E-state index in [1.165, 1.54) is 20.8 Å². The molecule has 0 radical (unpaired) electrons. The summed E-state index contributed by atoms with van der Waals surface area (Å²) in [5.41, 5.74) is -0.318. The lowest BCUT2D eigenvalue weighted by Crippen LogP contribution is -2.63. The van der Waals surface area contributed by atoms with Crippen molar-refractivity contribution in [3.05, 3.63) is 0 Å². The molecule has 10 atom stereocenters. The molecule has 0 aliphatic heterocycles. The molecule has 0 spiro atoms. The molecule has 4 saturated carbocycles. The van der Waals surface area contributed by atoms with Crippen LogP contribution in [0.5, 0.6) is 0 Å². The molecule has 0 heterocycles. The smallest absolute Gasteiger partial charge is 0.303 e. The zero-order valence-corrected chi connectivity index (χ0v) is 23.0. The van der Waals surface area contributed by atoms with Crippen LogP contribution >= 0.6 is 0 Å². The van der Waals surface area contributed by atoms with Crippen molar-refractivity contribution < 1.29 is 38.5 Å². The summed E-state index contributed by atoms with van der Waals surface area (Å²) in [7, 11) is 0. The SMILES string of the molecule is CC(=O)O[C@H]1CC[C@@]2(C)[C@H](C1)C[C@@H](OC(C)=O)[C@H]1[C@H]2C[C@@H](OC(C)=O)[C@]2(C)[C@H](CCCC(=O)O)CC[C@H]12. The van der Waals surface area contributed by atoms with Crippen molar-refractivity contribution in [1.82, 2.24) is 0 Å². The molecule has 208 valence electrons. The number of carbonyl (C=O) groups is 4. The van der Waals surface area contributed by atoms with Crippen LogP contribution in [-0.2, 0) is 33.4 Å². The Balaban J connectivity index is 1.68. The van der Waals surface area contributed by atoms with Crippen LogP contribution in [0, 0.1) is 40.4 Å². The Morgan fingerprint density at radius 2 is 1.51 bits per heavy atom. The second kappa shape index (κ2) is 10.6. The van der Waals surface area contributed by atoms with Gasteiger partial charge in [0.1, 0.15) is 18.3 Å². The summed E-state index contributed by atoms with van der Waals surface area (Å²) in [6, 6.07) is 0. The highest BCUT2D eigenvalue weighted by molar-refractivity contribution is 5.67. The van der Waals surface area contributed by atoms with Crippen LogP contribution in [0.1, 0.15) is 98.8 Å². The summed E-state index contributed by atoms with van der Waals surface area (Å²) < 4.78 is 17.8. The minimum Gasteiger partial charge on any atom is -0.481 e. The summed E-state index contributed by atoms with van der Waals surface area (Å²) in [4.78, 5) is 47.4. The van der Waals surface area contributed by atoms with Crippen LogP contribution in [-0.4, -0.2) is 47.3 Å². The van der Waals surface area contributed by atoms with Crippen molar-refractivity contribution in [3.63, 3.8) is 0 Å². The van der Waals surface area contributed by atoms with Gasteiger partial charge in [-0.3, -0.25) is 19.2 Å². The normalized spacial score (nSPS) is 42.5. The molecule has 4 aliphatic carbocycles. The number of carboxylic acids is 1. The molecule has 0 aromatic carbocycles. The van der Waals surface area contributed by atoms with Gasteiger partial charge in [0.2, 0.25) is 0 Å². The predicted octanol–water partition coefficient (Wildman–Crippen LogP) is 4.92. The van der Waals surface area contributed by atoms with E-state index in [1.54, 1.807) is 0 Å². The Morgan fingerprint density at radius 1 is 0.838 bits per heavy atom. The second-order valence-electron chi connectivity index (χ2n) is 12.6. The molecule has 0 saturated heterocycles. The van der Waals surface area contributed by atoms with Crippen LogP contribution in [0.3, 0.4) is 0 Å². The average molecular weight is 521 g/mol. The van der Waals surface area contributed by atoms with Gasteiger partial charge in [-0.1, -0.05) is 13.8 Å². The zero-order valence-electron chi connectivity index (χ0n) is 23.0. The number of carbonyl (C=O) groups excluding carboxylic acids is 3. The minimum absolute atomic E-state index is 0.0287. The van der Waals surface area contributed by atoms with Crippen molar-refractivity contribution in [3.8, 4) is 0 Å². The highest BCUT2D eigenvalue weighted by Gasteiger charge is 2.67. The quantitative estimate of drug-likeness (QED) is 0.372. The van der Waals surface area contributed by atoms with Gasteiger partial charge in [-0.25, -0.2) is 0 Å².